The van der Waals surface area contributed by atoms with Gasteiger partial charge in [0.05, 0.1) is 0 Å². The fraction of sp³-hybridized carbons (Fsp3) is 0.154. The highest BCUT2D eigenvalue weighted by molar-refractivity contribution is 9.10. The average Bonchev–Trinajstić information content (AvgIpc) is 2.76. The number of thiophene rings is 1. The standard InChI is InChI=1S/C13H13BrN2OS/c14-11-5-6-18-12(11)8-16-7-9-1-3-10(4-2-9)13(15)17/h1-6,16H,7-8H2,(H2,15,17). The number of nitrogens with one attached hydrogen (secondary N) is 1. The Labute approximate surface area is 118 Å². The molecule has 0 radical (unpaired) electrons. The van der Waals surface area contributed by atoms with E-state index in [1.165, 1.54) is 4.88 Å². The van der Waals surface area contributed by atoms with Gasteiger partial charge in [0.15, 0.2) is 0 Å². The number of carbonyl (C=O) groups excluding carboxylic acids is 1. The maximum atomic E-state index is 10.9. The first-order valence-corrected chi connectivity index (χ1v) is 7.15. The zero-order valence-corrected chi connectivity index (χ0v) is 12.1. The van der Waals surface area contributed by atoms with E-state index in [0.29, 0.717) is 5.56 Å². The van der Waals surface area contributed by atoms with E-state index in [9.17, 15) is 4.79 Å². The van der Waals surface area contributed by atoms with Crippen molar-refractivity contribution in [2.24, 2.45) is 5.73 Å². The van der Waals surface area contributed by atoms with Crippen molar-refractivity contribution in [3.63, 3.8) is 0 Å². The number of halogens is 1. The average molecular weight is 325 g/mol. The highest BCUT2D eigenvalue weighted by atomic mass is 79.9. The van der Waals surface area contributed by atoms with Gasteiger partial charge in [0.1, 0.15) is 0 Å². The van der Waals surface area contributed by atoms with E-state index in [1.54, 1.807) is 23.5 Å². The normalized spacial score (nSPS) is 10.5. The minimum absolute atomic E-state index is 0.392. The summed E-state index contributed by atoms with van der Waals surface area (Å²) >= 11 is 5.22. The van der Waals surface area contributed by atoms with Gasteiger partial charge in [-0.05, 0) is 45.1 Å². The van der Waals surface area contributed by atoms with Gasteiger partial charge in [-0.25, -0.2) is 0 Å². The van der Waals surface area contributed by atoms with Crippen molar-refractivity contribution < 1.29 is 4.79 Å². The first-order chi connectivity index (χ1) is 8.66. The molecule has 0 aliphatic heterocycles. The van der Waals surface area contributed by atoms with Crippen LogP contribution in [-0.2, 0) is 13.1 Å². The van der Waals surface area contributed by atoms with Crippen LogP contribution in [-0.4, -0.2) is 5.91 Å². The van der Waals surface area contributed by atoms with E-state index in [1.807, 2.05) is 18.2 Å². The molecule has 0 saturated carbocycles. The molecule has 3 N–H and O–H groups in total. The molecule has 1 heterocycles. The molecule has 2 aromatic rings. The second-order valence-electron chi connectivity index (χ2n) is 3.86. The van der Waals surface area contributed by atoms with Crippen molar-refractivity contribution in [1.29, 1.82) is 0 Å². The van der Waals surface area contributed by atoms with E-state index in [2.05, 4.69) is 26.6 Å². The molecule has 3 nitrogen and oxygen atoms in total. The fourth-order valence-corrected chi connectivity index (χ4v) is 3.02. The largest absolute Gasteiger partial charge is 0.366 e. The second kappa shape index (κ2) is 6.13. The van der Waals surface area contributed by atoms with Gasteiger partial charge in [-0.15, -0.1) is 11.3 Å². The molecule has 0 unspecified atom stereocenters. The Hall–Kier alpha value is -1.17. The molecule has 2 rings (SSSR count). The Balaban J connectivity index is 1.87. The monoisotopic (exact) mass is 324 g/mol. The lowest BCUT2D eigenvalue weighted by atomic mass is 10.1. The maximum Gasteiger partial charge on any atom is 0.248 e. The SMILES string of the molecule is NC(=O)c1ccc(CNCc2sccc2Br)cc1. The lowest BCUT2D eigenvalue weighted by Crippen LogP contribution is -2.13. The number of hydrogen-bond acceptors (Lipinski definition) is 3. The fourth-order valence-electron chi connectivity index (χ4n) is 1.56. The van der Waals surface area contributed by atoms with Crippen molar-refractivity contribution in [1.82, 2.24) is 5.32 Å². The van der Waals surface area contributed by atoms with Gasteiger partial charge in [-0.1, -0.05) is 12.1 Å². The van der Waals surface area contributed by atoms with Crippen LogP contribution in [0.3, 0.4) is 0 Å². The summed E-state index contributed by atoms with van der Waals surface area (Å²) in [5.41, 5.74) is 6.86. The Kier molecular flexibility index (Phi) is 4.52. The molecular weight excluding hydrogens is 312 g/mol. The van der Waals surface area contributed by atoms with Crippen LogP contribution in [0.5, 0.6) is 0 Å². The zero-order chi connectivity index (χ0) is 13.0. The van der Waals surface area contributed by atoms with Crippen LogP contribution >= 0.6 is 27.3 Å². The predicted molar refractivity (Wildman–Crippen MR) is 77.5 cm³/mol. The van der Waals surface area contributed by atoms with Gasteiger partial charge >= 0.3 is 0 Å². The summed E-state index contributed by atoms with van der Waals surface area (Å²) in [6, 6.07) is 9.37. The molecule has 0 aliphatic rings. The van der Waals surface area contributed by atoms with E-state index < -0.39 is 5.91 Å². The van der Waals surface area contributed by atoms with Crippen LogP contribution in [0.1, 0.15) is 20.8 Å². The molecule has 0 spiro atoms. The van der Waals surface area contributed by atoms with Crippen molar-refractivity contribution in [3.8, 4) is 0 Å². The number of carbonyl (C=O) groups is 1. The zero-order valence-electron chi connectivity index (χ0n) is 9.65. The Morgan fingerprint density at radius 3 is 2.50 bits per heavy atom. The molecule has 0 saturated heterocycles. The van der Waals surface area contributed by atoms with Gasteiger partial charge < -0.3 is 11.1 Å². The first-order valence-electron chi connectivity index (χ1n) is 5.48. The topological polar surface area (TPSA) is 55.1 Å². The Bertz CT molecular complexity index is 536. The summed E-state index contributed by atoms with van der Waals surface area (Å²) < 4.78 is 1.14. The molecule has 5 heteroatoms. The molecule has 0 aliphatic carbocycles. The van der Waals surface area contributed by atoms with Crippen molar-refractivity contribution in [2.75, 3.05) is 0 Å². The quantitative estimate of drug-likeness (QED) is 0.888. The van der Waals surface area contributed by atoms with Crippen LogP contribution < -0.4 is 11.1 Å². The molecule has 94 valence electrons. The maximum absolute atomic E-state index is 10.9. The second-order valence-corrected chi connectivity index (χ2v) is 5.71. The third kappa shape index (κ3) is 3.41. The van der Waals surface area contributed by atoms with Crippen LogP contribution in [0.15, 0.2) is 40.2 Å². The predicted octanol–water partition coefficient (Wildman–Crippen LogP) is 2.90. The summed E-state index contributed by atoms with van der Waals surface area (Å²) in [6.45, 7) is 1.60. The summed E-state index contributed by atoms with van der Waals surface area (Å²) in [5.74, 6) is -0.392. The van der Waals surface area contributed by atoms with Gasteiger partial charge in [0.25, 0.3) is 0 Å². The van der Waals surface area contributed by atoms with Crippen LogP contribution in [0.2, 0.25) is 0 Å². The number of primary amides is 1. The van der Waals surface area contributed by atoms with Crippen molar-refractivity contribution in [3.05, 3.63) is 56.2 Å². The lowest BCUT2D eigenvalue weighted by Gasteiger charge is -2.04. The van der Waals surface area contributed by atoms with Gasteiger partial charge in [-0.2, -0.15) is 0 Å². The first kappa shape index (κ1) is 13.3. The molecule has 0 atom stereocenters. The number of rotatable bonds is 5. The van der Waals surface area contributed by atoms with E-state index >= 15 is 0 Å². The van der Waals surface area contributed by atoms with Crippen molar-refractivity contribution in [2.45, 2.75) is 13.1 Å². The van der Waals surface area contributed by atoms with Crippen molar-refractivity contribution >= 4 is 33.2 Å². The Morgan fingerprint density at radius 1 is 1.22 bits per heavy atom. The summed E-state index contributed by atoms with van der Waals surface area (Å²) in [6.07, 6.45) is 0. The minimum Gasteiger partial charge on any atom is -0.366 e. The van der Waals surface area contributed by atoms with E-state index in [-0.39, 0.29) is 0 Å². The summed E-state index contributed by atoms with van der Waals surface area (Å²) in [5, 5.41) is 5.42. The van der Waals surface area contributed by atoms with E-state index in [0.717, 1.165) is 23.1 Å². The molecule has 1 amide bonds. The van der Waals surface area contributed by atoms with Gasteiger partial charge in [0.2, 0.25) is 5.91 Å². The molecule has 0 bridgehead atoms. The minimum atomic E-state index is -0.392. The molecule has 18 heavy (non-hydrogen) atoms. The molecule has 1 aromatic heterocycles. The van der Waals surface area contributed by atoms with Gasteiger partial charge in [-0.3, -0.25) is 4.79 Å². The third-order valence-electron chi connectivity index (χ3n) is 2.54. The number of hydrogen-bond donors (Lipinski definition) is 2. The number of benzene rings is 1. The van der Waals surface area contributed by atoms with Crippen LogP contribution in [0.25, 0.3) is 0 Å². The van der Waals surface area contributed by atoms with Gasteiger partial charge in [0, 0.05) is 28.0 Å². The Morgan fingerprint density at radius 2 is 1.94 bits per heavy atom. The number of nitrogens with two attached hydrogens (primary N) is 1. The smallest absolute Gasteiger partial charge is 0.248 e. The number of amides is 1. The highest BCUT2D eigenvalue weighted by Gasteiger charge is 2.02. The molecule has 1 aromatic carbocycles. The highest BCUT2D eigenvalue weighted by Crippen LogP contribution is 2.22. The molecule has 0 fully saturated rings. The lowest BCUT2D eigenvalue weighted by molar-refractivity contribution is 0.100. The summed E-state index contributed by atoms with van der Waals surface area (Å²) in [4.78, 5) is 12.2. The van der Waals surface area contributed by atoms with E-state index in [4.69, 9.17) is 5.73 Å². The van der Waals surface area contributed by atoms with Crippen LogP contribution in [0.4, 0.5) is 0 Å². The third-order valence-corrected chi connectivity index (χ3v) is 4.47. The van der Waals surface area contributed by atoms with Crippen LogP contribution in [0, 0.1) is 0 Å². The molecular formula is C13H13BrN2OS. The summed E-state index contributed by atoms with van der Waals surface area (Å²) in [7, 11) is 0.